The summed E-state index contributed by atoms with van der Waals surface area (Å²) in [5.41, 5.74) is -2.18. The lowest BCUT2D eigenvalue weighted by Gasteiger charge is -2.40. The minimum Gasteiger partial charge on any atom is -0.508 e. The van der Waals surface area contributed by atoms with Crippen molar-refractivity contribution < 1.29 is 65.0 Å². The van der Waals surface area contributed by atoms with Crippen molar-refractivity contribution in [1.82, 2.24) is 0 Å². The molecule has 0 saturated carbocycles. The zero-order valence-corrected chi connectivity index (χ0v) is 20.6. The van der Waals surface area contributed by atoms with E-state index in [1.54, 1.807) is 0 Å². The van der Waals surface area contributed by atoms with E-state index in [9.17, 15) is 55.9 Å². The van der Waals surface area contributed by atoms with E-state index in [0.29, 0.717) is 5.56 Å². The fraction of sp³-hybridized carbons (Fsp3) is 0.423. The smallest absolute Gasteiger partial charge is 0.197 e. The maximum absolute atomic E-state index is 13.4. The van der Waals surface area contributed by atoms with Gasteiger partial charge >= 0.3 is 0 Å². The first kappa shape index (κ1) is 28.2. The molecule has 5 rings (SSSR count). The number of fused-ring (bicyclic) bond motifs is 1. The van der Waals surface area contributed by atoms with E-state index >= 15 is 0 Å². The SMILES string of the molecule is O=c1cc(-c2ccc(O)cc2)oc2c(C3OC(CO)C(O)C(O)C3O)c(O)c(C3OC(CO)C(O)C3O)c(O)c12. The van der Waals surface area contributed by atoms with Crippen LogP contribution in [0.25, 0.3) is 22.3 Å². The molecular formula is C26H28O14. The number of rotatable bonds is 5. The summed E-state index contributed by atoms with van der Waals surface area (Å²) in [6.07, 6.45) is -15.3. The summed E-state index contributed by atoms with van der Waals surface area (Å²) in [6.45, 7) is -1.55. The summed E-state index contributed by atoms with van der Waals surface area (Å²) in [6, 6.07) is 6.47. The number of benzene rings is 2. The molecule has 2 aliphatic heterocycles. The highest BCUT2D eigenvalue weighted by molar-refractivity contribution is 5.92. The summed E-state index contributed by atoms with van der Waals surface area (Å²) >= 11 is 0. The molecule has 2 aromatic carbocycles. The standard InChI is InChI=1S/C26H28O14/c27-6-12-17(31)21(35)23(37)26(40-12)16-20(34)15(25-22(36)18(32)13(7-28)39-25)19(33)14-10(30)5-11(38-24(14)16)8-1-3-9(29)4-2-8/h1-5,12-13,17-18,21-23,25-29,31-37H,6-7H2. The average molecular weight is 564 g/mol. The van der Waals surface area contributed by atoms with Crippen LogP contribution in [-0.2, 0) is 9.47 Å². The van der Waals surface area contributed by atoms with Crippen LogP contribution >= 0.6 is 0 Å². The minimum atomic E-state index is -1.96. The van der Waals surface area contributed by atoms with E-state index in [0.717, 1.165) is 6.07 Å². The zero-order valence-electron chi connectivity index (χ0n) is 20.6. The Morgan fingerprint density at radius 2 is 1.20 bits per heavy atom. The number of hydrogen-bond donors (Lipinski definition) is 10. The second kappa shape index (κ2) is 10.6. The molecule has 14 heteroatoms. The number of hydrogen-bond acceptors (Lipinski definition) is 14. The Morgan fingerprint density at radius 1 is 0.675 bits per heavy atom. The molecule has 216 valence electrons. The van der Waals surface area contributed by atoms with Gasteiger partial charge in [0, 0.05) is 11.6 Å². The number of aliphatic hydroxyl groups excluding tert-OH is 7. The molecule has 0 amide bonds. The van der Waals surface area contributed by atoms with Gasteiger partial charge in [-0.25, -0.2) is 0 Å². The second-order valence-electron chi connectivity index (χ2n) is 9.76. The van der Waals surface area contributed by atoms with Gasteiger partial charge in [-0.15, -0.1) is 0 Å². The van der Waals surface area contributed by atoms with Crippen LogP contribution in [0.2, 0.25) is 0 Å². The molecule has 2 aliphatic rings. The van der Waals surface area contributed by atoms with Crippen molar-refractivity contribution in [3.05, 3.63) is 51.7 Å². The molecule has 0 aliphatic carbocycles. The fourth-order valence-electron chi connectivity index (χ4n) is 5.19. The first-order valence-corrected chi connectivity index (χ1v) is 12.3. The van der Waals surface area contributed by atoms with Gasteiger partial charge in [-0.3, -0.25) is 4.79 Å². The van der Waals surface area contributed by atoms with E-state index in [4.69, 9.17) is 13.9 Å². The molecule has 3 aromatic rings. The predicted molar refractivity (Wildman–Crippen MR) is 132 cm³/mol. The van der Waals surface area contributed by atoms with E-state index in [1.165, 1.54) is 24.3 Å². The number of aliphatic hydroxyl groups is 7. The lowest BCUT2D eigenvalue weighted by atomic mass is 9.87. The van der Waals surface area contributed by atoms with Crippen LogP contribution in [0.5, 0.6) is 17.2 Å². The van der Waals surface area contributed by atoms with Crippen LogP contribution < -0.4 is 5.43 Å². The molecular weight excluding hydrogens is 536 g/mol. The normalized spacial score (nSPS) is 32.5. The van der Waals surface area contributed by atoms with Gasteiger partial charge in [0.25, 0.3) is 0 Å². The van der Waals surface area contributed by atoms with Gasteiger partial charge in [0.05, 0.1) is 24.3 Å². The number of ether oxygens (including phenoxy) is 2. The van der Waals surface area contributed by atoms with Crippen LogP contribution in [0.4, 0.5) is 0 Å². The molecule has 9 unspecified atom stereocenters. The van der Waals surface area contributed by atoms with Crippen molar-refractivity contribution in [3.8, 4) is 28.6 Å². The molecule has 14 nitrogen and oxygen atoms in total. The highest BCUT2D eigenvalue weighted by Crippen LogP contribution is 2.51. The Balaban J connectivity index is 1.81. The van der Waals surface area contributed by atoms with Gasteiger partial charge in [0.15, 0.2) is 11.0 Å². The Bertz CT molecular complexity index is 1450. The van der Waals surface area contributed by atoms with Crippen LogP contribution in [0.15, 0.2) is 39.5 Å². The maximum Gasteiger partial charge on any atom is 0.197 e. The van der Waals surface area contributed by atoms with E-state index < -0.39 is 107 Å². The van der Waals surface area contributed by atoms with Crippen molar-refractivity contribution >= 4 is 11.0 Å². The van der Waals surface area contributed by atoms with Gasteiger partial charge in [0.2, 0.25) is 0 Å². The highest BCUT2D eigenvalue weighted by atomic mass is 16.6. The van der Waals surface area contributed by atoms with Crippen LogP contribution in [0.1, 0.15) is 23.3 Å². The van der Waals surface area contributed by atoms with Gasteiger partial charge in [-0.05, 0) is 24.3 Å². The third-order valence-corrected chi connectivity index (χ3v) is 7.35. The highest BCUT2D eigenvalue weighted by Gasteiger charge is 2.49. The van der Waals surface area contributed by atoms with E-state index in [1.807, 2.05) is 0 Å². The Hall–Kier alpha value is -3.31. The topological polar surface area (TPSA) is 251 Å². The zero-order chi connectivity index (χ0) is 29.0. The Kier molecular flexibility index (Phi) is 7.47. The molecule has 2 saturated heterocycles. The summed E-state index contributed by atoms with van der Waals surface area (Å²) in [5.74, 6) is -1.99. The van der Waals surface area contributed by atoms with Gasteiger partial charge in [0.1, 0.15) is 83.3 Å². The molecule has 0 spiro atoms. The number of phenols is 3. The fourth-order valence-corrected chi connectivity index (χ4v) is 5.19. The van der Waals surface area contributed by atoms with Crippen LogP contribution in [0, 0.1) is 0 Å². The number of aromatic hydroxyl groups is 3. The van der Waals surface area contributed by atoms with Crippen molar-refractivity contribution in [2.75, 3.05) is 13.2 Å². The average Bonchev–Trinajstić information content (AvgIpc) is 3.21. The molecule has 1 aromatic heterocycles. The predicted octanol–water partition coefficient (Wildman–Crippen LogP) is -1.75. The number of phenolic OH excluding ortho intramolecular Hbond substituents is 3. The van der Waals surface area contributed by atoms with Crippen molar-refractivity contribution in [1.29, 1.82) is 0 Å². The molecule has 0 bridgehead atoms. The van der Waals surface area contributed by atoms with Crippen molar-refractivity contribution in [2.45, 2.75) is 54.9 Å². The lowest BCUT2D eigenvalue weighted by molar-refractivity contribution is -0.231. The summed E-state index contributed by atoms with van der Waals surface area (Å²) in [5, 5.41) is 103. The first-order valence-electron chi connectivity index (χ1n) is 12.3. The van der Waals surface area contributed by atoms with Gasteiger partial charge in [-0.2, -0.15) is 0 Å². The lowest BCUT2D eigenvalue weighted by Crippen LogP contribution is -2.55. The summed E-state index contributed by atoms with van der Waals surface area (Å²) in [7, 11) is 0. The molecule has 3 heterocycles. The first-order chi connectivity index (χ1) is 19.0. The van der Waals surface area contributed by atoms with Crippen molar-refractivity contribution in [2.24, 2.45) is 0 Å². The summed E-state index contributed by atoms with van der Waals surface area (Å²) < 4.78 is 17.0. The molecule has 2 fully saturated rings. The monoisotopic (exact) mass is 564 g/mol. The van der Waals surface area contributed by atoms with E-state index in [2.05, 4.69) is 0 Å². The minimum absolute atomic E-state index is 0.0766. The molecule has 9 atom stereocenters. The second-order valence-corrected chi connectivity index (χ2v) is 9.76. The Morgan fingerprint density at radius 3 is 1.75 bits per heavy atom. The van der Waals surface area contributed by atoms with Gasteiger partial charge in [-0.1, -0.05) is 0 Å². The molecule has 40 heavy (non-hydrogen) atoms. The van der Waals surface area contributed by atoms with Gasteiger partial charge < -0.3 is 65.0 Å². The molecule has 10 N–H and O–H groups in total. The van der Waals surface area contributed by atoms with Crippen molar-refractivity contribution in [3.63, 3.8) is 0 Å². The van der Waals surface area contributed by atoms with E-state index in [-0.39, 0.29) is 11.5 Å². The van der Waals surface area contributed by atoms with Crippen LogP contribution in [0.3, 0.4) is 0 Å². The maximum atomic E-state index is 13.4. The third-order valence-electron chi connectivity index (χ3n) is 7.35. The quantitative estimate of drug-likeness (QED) is 0.165. The van der Waals surface area contributed by atoms with Crippen LogP contribution in [-0.4, -0.2) is 107 Å². The third kappa shape index (κ3) is 4.39. The summed E-state index contributed by atoms with van der Waals surface area (Å²) in [4.78, 5) is 13.4. The largest absolute Gasteiger partial charge is 0.508 e. The molecule has 0 radical (unpaired) electrons. The Labute approximate surface area is 224 Å².